The van der Waals surface area contributed by atoms with Crippen LogP contribution in [0.25, 0.3) is 10.8 Å². The average Bonchev–Trinajstić information content (AvgIpc) is 2.35. The number of aliphatic carboxylic acids is 1. The lowest BCUT2D eigenvalue weighted by Crippen LogP contribution is -2.12. The Morgan fingerprint density at radius 3 is 2.44 bits per heavy atom. The number of carbonyl (C=O) groups excluding carboxylic acids is 1. The smallest absolute Gasteiger partial charge is 0.372 e. The second kappa shape index (κ2) is 4.96. The van der Waals surface area contributed by atoms with Crippen molar-refractivity contribution in [3.8, 4) is 0 Å². The van der Waals surface area contributed by atoms with E-state index in [1.807, 2.05) is 6.07 Å². The minimum absolute atomic E-state index is 0.0258. The molecule has 18 heavy (non-hydrogen) atoms. The third-order valence-electron chi connectivity index (χ3n) is 2.75. The summed E-state index contributed by atoms with van der Waals surface area (Å²) in [5, 5.41) is 10.1. The van der Waals surface area contributed by atoms with E-state index in [1.165, 1.54) is 12.1 Å². The summed E-state index contributed by atoms with van der Waals surface area (Å²) in [6.07, 6.45) is 0.348. The summed E-state index contributed by atoms with van der Waals surface area (Å²) in [6, 6.07) is 9.84. The molecule has 0 atom stereocenters. The number of ketones is 1. The van der Waals surface area contributed by atoms with Crippen LogP contribution in [0.15, 0.2) is 36.4 Å². The molecule has 0 fully saturated rings. The van der Waals surface area contributed by atoms with Crippen LogP contribution in [0.1, 0.15) is 12.0 Å². The van der Waals surface area contributed by atoms with Gasteiger partial charge in [0, 0.05) is 6.42 Å². The van der Waals surface area contributed by atoms with Gasteiger partial charge in [-0.25, -0.2) is 9.18 Å². The Bertz CT molecular complexity index is 619. The highest BCUT2D eigenvalue weighted by atomic mass is 19.1. The van der Waals surface area contributed by atoms with Gasteiger partial charge in [0.1, 0.15) is 5.82 Å². The van der Waals surface area contributed by atoms with Crippen molar-refractivity contribution in [2.75, 3.05) is 0 Å². The Balaban J connectivity index is 2.18. The Morgan fingerprint density at radius 1 is 1.06 bits per heavy atom. The van der Waals surface area contributed by atoms with E-state index in [9.17, 15) is 14.0 Å². The van der Waals surface area contributed by atoms with Crippen molar-refractivity contribution in [3.63, 3.8) is 0 Å². The second-order valence-corrected chi connectivity index (χ2v) is 4.05. The van der Waals surface area contributed by atoms with Gasteiger partial charge in [0.25, 0.3) is 0 Å². The highest BCUT2D eigenvalue weighted by Crippen LogP contribution is 2.18. The maximum absolute atomic E-state index is 13.0. The zero-order chi connectivity index (χ0) is 13.1. The molecule has 0 saturated carbocycles. The van der Waals surface area contributed by atoms with E-state index in [4.69, 9.17) is 5.11 Å². The molecule has 0 heterocycles. The van der Waals surface area contributed by atoms with Crippen molar-refractivity contribution < 1.29 is 19.1 Å². The van der Waals surface area contributed by atoms with Crippen LogP contribution in [0.3, 0.4) is 0 Å². The summed E-state index contributed by atoms with van der Waals surface area (Å²) in [4.78, 5) is 21.4. The zero-order valence-corrected chi connectivity index (χ0v) is 9.52. The summed E-state index contributed by atoms with van der Waals surface area (Å²) >= 11 is 0. The monoisotopic (exact) mass is 246 g/mol. The highest BCUT2D eigenvalue weighted by Gasteiger charge is 2.10. The summed E-state index contributed by atoms with van der Waals surface area (Å²) in [7, 11) is 0. The highest BCUT2D eigenvalue weighted by molar-refractivity contribution is 6.32. The number of aryl methyl sites for hydroxylation is 1. The fourth-order valence-corrected chi connectivity index (χ4v) is 1.79. The van der Waals surface area contributed by atoms with Crippen LogP contribution >= 0.6 is 0 Å². The molecule has 0 amide bonds. The summed E-state index contributed by atoms with van der Waals surface area (Å²) in [6.45, 7) is 0. The van der Waals surface area contributed by atoms with Gasteiger partial charge in [-0.15, -0.1) is 0 Å². The maximum Gasteiger partial charge on any atom is 0.372 e. The molecule has 2 aromatic carbocycles. The summed E-state index contributed by atoms with van der Waals surface area (Å²) < 4.78 is 13.0. The molecule has 4 heteroatoms. The van der Waals surface area contributed by atoms with Crippen molar-refractivity contribution >= 4 is 22.5 Å². The fourth-order valence-electron chi connectivity index (χ4n) is 1.79. The maximum atomic E-state index is 13.0. The lowest BCUT2D eigenvalue weighted by atomic mass is 10.0. The zero-order valence-electron chi connectivity index (χ0n) is 9.52. The van der Waals surface area contributed by atoms with Crippen molar-refractivity contribution in [3.05, 3.63) is 47.8 Å². The van der Waals surface area contributed by atoms with Crippen LogP contribution in [-0.4, -0.2) is 16.9 Å². The second-order valence-electron chi connectivity index (χ2n) is 4.05. The minimum atomic E-state index is -1.40. The lowest BCUT2D eigenvalue weighted by molar-refractivity contribution is -0.149. The molecule has 0 spiro atoms. The van der Waals surface area contributed by atoms with Gasteiger partial charge >= 0.3 is 5.97 Å². The topological polar surface area (TPSA) is 54.4 Å². The van der Waals surface area contributed by atoms with Crippen LogP contribution in [0.5, 0.6) is 0 Å². The fraction of sp³-hybridized carbons (Fsp3) is 0.143. The predicted molar refractivity (Wildman–Crippen MR) is 64.9 cm³/mol. The van der Waals surface area contributed by atoms with Crippen molar-refractivity contribution in [2.45, 2.75) is 12.8 Å². The molecule has 0 radical (unpaired) electrons. The van der Waals surface area contributed by atoms with Crippen LogP contribution in [0, 0.1) is 5.82 Å². The van der Waals surface area contributed by atoms with Gasteiger partial charge in [0.2, 0.25) is 5.78 Å². The number of halogens is 1. The van der Waals surface area contributed by atoms with Gasteiger partial charge in [-0.05, 0) is 34.9 Å². The van der Waals surface area contributed by atoms with Gasteiger partial charge in [0.15, 0.2) is 0 Å². The lowest BCUT2D eigenvalue weighted by Gasteiger charge is -2.03. The van der Waals surface area contributed by atoms with E-state index in [0.717, 1.165) is 16.3 Å². The molecule has 0 aliphatic heterocycles. The molecule has 0 aliphatic rings. The van der Waals surface area contributed by atoms with Crippen molar-refractivity contribution in [1.82, 2.24) is 0 Å². The molecular weight excluding hydrogens is 235 g/mol. The first kappa shape index (κ1) is 12.2. The number of rotatable bonds is 4. The van der Waals surface area contributed by atoms with Crippen LogP contribution < -0.4 is 0 Å². The number of hydrogen-bond donors (Lipinski definition) is 1. The first-order valence-electron chi connectivity index (χ1n) is 5.50. The Hall–Kier alpha value is -2.23. The molecule has 1 N–H and O–H groups in total. The minimum Gasteiger partial charge on any atom is -0.476 e. The van der Waals surface area contributed by atoms with E-state index >= 15 is 0 Å². The summed E-state index contributed by atoms with van der Waals surface area (Å²) in [5.41, 5.74) is 0.865. The first-order valence-corrected chi connectivity index (χ1v) is 5.50. The quantitative estimate of drug-likeness (QED) is 0.843. The standard InChI is InChI=1S/C14H11FO3/c15-12-5-4-10-7-9(1-3-11(10)8-12)2-6-13(16)14(17)18/h1,3-5,7-8H,2,6H2,(H,17,18). The largest absolute Gasteiger partial charge is 0.476 e. The summed E-state index contributed by atoms with van der Waals surface area (Å²) in [5.74, 6) is -2.50. The molecular formula is C14H11FO3. The number of carboxylic acids is 1. The molecule has 92 valence electrons. The third kappa shape index (κ3) is 2.71. The Morgan fingerprint density at radius 2 is 1.72 bits per heavy atom. The van der Waals surface area contributed by atoms with E-state index in [1.54, 1.807) is 18.2 Å². The van der Waals surface area contributed by atoms with Crippen molar-refractivity contribution in [2.24, 2.45) is 0 Å². The Labute approximate surface area is 103 Å². The predicted octanol–water partition coefficient (Wildman–Crippen LogP) is 2.57. The normalized spacial score (nSPS) is 10.5. The van der Waals surface area contributed by atoms with E-state index in [2.05, 4.69) is 0 Å². The molecule has 2 aromatic rings. The van der Waals surface area contributed by atoms with Crippen LogP contribution in [-0.2, 0) is 16.0 Å². The van der Waals surface area contributed by atoms with Crippen LogP contribution in [0.4, 0.5) is 4.39 Å². The number of carboxylic acid groups (broad SMARTS) is 1. The number of benzene rings is 2. The molecule has 0 bridgehead atoms. The van der Waals surface area contributed by atoms with Gasteiger partial charge in [0.05, 0.1) is 0 Å². The number of Topliss-reactive ketones (excluding diaryl/α,β-unsaturated/α-hetero) is 1. The van der Waals surface area contributed by atoms with Gasteiger partial charge in [-0.1, -0.05) is 24.3 Å². The van der Waals surface area contributed by atoms with E-state index < -0.39 is 11.8 Å². The van der Waals surface area contributed by atoms with E-state index in [-0.39, 0.29) is 12.2 Å². The van der Waals surface area contributed by atoms with Gasteiger partial charge in [-0.3, -0.25) is 4.79 Å². The van der Waals surface area contributed by atoms with E-state index in [0.29, 0.717) is 6.42 Å². The molecule has 3 nitrogen and oxygen atoms in total. The number of hydrogen-bond acceptors (Lipinski definition) is 2. The molecule has 0 unspecified atom stereocenters. The third-order valence-corrected chi connectivity index (χ3v) is 2.75. The molecule has 0 aliphatic carbocycles. The number of fused-ring (bicyclic) bond motifs is 1. The van der Waals surface area contributed by atoms with Gasteiger partial charge in [-0.2, -0.15) is 0 Å². The van der Waals surface area contributed by atoms with Gasteiger partial charge < -0.3 is 5.11 Å². The first-order chi connectivity index (χ1) is 8.56. The molecule has 0 aromatic heterocycles. The average molecular weight is 246 g/mol. The molecule has 0 saturated heterocycles. The molecule has 2 rings (SSSR count). The van der Waals surface area contributed by atoms with Crippen LogP contribution in [0.2, 0.25) is 0 Å². The SMILES string of the molecule is O=C(O)C(=O)CCc1ccc2cc(F)ccc2c1. The number of carbonyl (C=O) groups is 2. The Kier molecular flexibility index (Phi) is 3.37. The van der Waals surface area contributed by atoms with Crippen molar-refractivity contribution in [1.29, 1.82) is 0 Å².